The number of sulfonamides is 1. The maximum atomic E-state index is 14.6. The molecule has 248 valence electrons. The Bertz CT molecular complexity index is 1750. The normalized spacial score (nSPS) is 11.9. The summed E-state index contributed by atoms with van der Waals surface area (Å²) in [6.07, 6.45) is 0.195. The van der Waals surface area contributed by atoms with Gasteiger partial charge in [0.05, 0.1) is 24.8 Å². The average molecular weight is 678 g/mol. The first kappa shape index (κ1) is 35.3. The van der Waals surface area contributed by atoms with Gasteiger partial charge in [-0.1, -0.05) is 86.1 Å². The molecule has 0 radical (unpaired) electrons. The molecule has 0 saturated heterocycles. The van der Waals surface area contributed by atoms with Crippen LogP contribution in [0, 0.1) is 5.92 Å². The third-order valence-corrected chi connectivity index (χ3v) is 9.68. The van der Waals surface area contributed by atoms with Crippen molar-refractivity contribution in [3.05, 3.63) is 119 Å². The van der Waals surface area contributed by atoms with Gasteiger partial charge < -0.3 is 19.7 Å². The maximum absolute atomic E-state index is 14.6. The van der Waals surface area contributed by atoms with Crippen molar-refractivity contribution in [2.45, 2.75) is 37.8 Å². The lowest BCUT2D eigenvalue weighted by Crippen LogP contribution is -2.53. The SMILES string of the molecule is COc1ccc(S(=O)(=O)N(CC(=O)N(Cc2ccccc2Cl)C(Cc2ccccc2)C(=O)NCC(C)C)c2ccccc2OC)cc1. The van der Waals surface area contributed by atoms with E-state index in [4.69, 9.17) is 21.1 Å². The Morgan fingerprint density at radius 3 is 2.11 bits per heavy atom. The zero-order valence-corrected chi connectivity index (χ0v) is 28.5. The summed E-state index contributed by atoms with van der Waals surface area (Å²) in [5.74, 6) is -0.0606. The van der Waals surface area contributed by atoms with Gasteiger partial charge in [0.15, 0.2) is 0 Å². The number of hydrogen-bond donors (Lipinski definition) is 1. The minimum absolute atomic E-state index is 0.0343. The highest BCUT2D eigenvalue weighted by Gasteiger charge is 2.35. The summed E-state index contributed by atoms with van der Waals surface area (Å²) >= 11 is 6.57. The quantitative estimate of drug-likeness (QED) is 0.166. The highest BCUT2D eigenvalue weighted by molar-refractivity contribution is 7.92. The van der Waals surface area contributed by atoms with Crippen LogP contribution in [0.5, 0.6) is 11.5 Å². The Hall–Kier alpha value is -4.54. The van der Waals surface area contributed by atoms with Crippen molar-refractivity contribution in [2.75, 3.05) is 31.6 Å². The van der Waals surface area contributed by atoms with E-state index in [1.807, 2.05) is 44.2 Å². The number of para-hydroxylation sites is 2. The monoisotopic (exact) mass is 677 g/mol. The number of carbonyl (C=O) groups excluding carboxylic acids is 2. The topological polar surface area (TPSA) is 105 Å². The molecule has 9 nitrogen and oxygen atoms in total. The van der Waals surface area contributed by atoms with Crippen molar-refractivity contribution in [3.63, 3.8) is 0 Å². The van der Waals surface area contributed by atoms with Gasteiger partial charge >= 0.3 is 0 Å². The van der Waals surface area contributed by atoms with Gasteiger partial charge in [-0.25, -0.2) is 8.42 Å². The lowest BCUT2D eigenvalue weighted by atomic mass is 10.0. The zero-order chi connectivity index (χ0) is 34.0. The molecule has 0 aliphatic rings. The summed E-state index contributed by atoms with van der Waals surface area (Å²) < 4.78 is 40.4. The van der Waals surface area contributed by atoms with E-state index in [0.29, 0.717) is 22.9 Å². The number of ether oxygens (including phenoxy) is 2. The third-order valence-electron chi connectivity index (χ3n) is 7.53. The molecule has 0 heterocycles. The van der Waals surface area contributed by atoms with Crippen molar-refractivity contribution in [1.29, 1.82) is 0 Å². The van der Waals surface area contributed by atoms with Crippen LogP contribution in [0.25, 0.3) is 0 Å². The largest absolute Gasteiger partial charge is 0.497 e. The summed E-state index contributed by atoms with van der Waals surface area (Å²) in [5, 5.41) is 3.39. The number of anilines is 1. The Morgan fingerprint density at radius 1 is 0.830 bits per heavy atom. The summed E-state index contributed by atoms with van der Waals surface area (Å²) in [5.41, 5.74) is 1.61. The van der Waals surface area contributed by atoms with Crippen LogP contribution in [0.3, 0.4) is 0 Å². The Kier molecular flexibility index (Phi) is 12.3. The number of benzene rings is 4. The van der Waals surface area contributed by atoms with E-state index in [1.54, 1.807) is 48.5 Å². The molecule has 0 fully saturated rings. The Balaban J connectivity index is 1.83. The maximum Gasteiger partial charge on any atom is 0.264 e. The summed E-state index contributed by atoms with van der Waals surface area (Å²) in [7, 11) is -1.41. The average Bonchev–Trinajstić information content (AvgIpc) is 3.08. The van der Waals surface area contributed by atoms with E-state index in [9.17, 15) is 18.0 Å². The molecule has 2 amide bonds. The fraction of sp³-hybridized carbons (Fsp3) is 0.278. The van der Waals surface area contributed by atoms with Crippen LogP contribution in [-0.2, 0) is 32.6 Å². The van der Waals surface area contributed by atoms with E-state index in [-0.39, 0.29) is 41.1 Å². The van der Waals surface area contributed by atoms with Crippen molar-refractivity contribution in [2.24, 2.45) is 5.92 Å². The molecule has 1 unspecified atom stereocenters. The van der Waals surface area contributed by atoms with Crippen molar-refractivity contribution < 1.29 is 27.5 Å². The molecule has 11 heteroatoms. The Morgan fingerprint density at radius 2 is 1.47 bits per heavy atom. The summed E-state index contributed by atoms with van der Waals surface area (Å²) in [4.78, 5) is 29.9. The number of hydrogen-bond acceptors (Lipinski definition) is 6. The molecular weight excluding hydrogens is 638 g/mol. The number of amides is 2. The molecule has 0 aliphatic carbocycles. The van der Waals surface area contributed by atoms with E-state index in [0.717, 1.165) is 9.87 Å². The molecule has 1 N–H and O–H groups in total. The molecule has 4 aromatic rings. The second-order valence-electron chi connectivity index (χ2n) is 11.3. The fourth-order valence-electron chi connectivity index (χ4n) is 5.01. The van der Waals surface area contributed by atoms with Gasteiger partial charge in [0, 0.05) is 24.5 Å². The van der Waals surface area contributed by atoms with Gasteiger partial charge in [0.2, 0.25) is 11.8 Å². The molecule has 47 heavy (non-hydrogen) atoms. The molecule has 0 aliphatic heterocycles. The molecule has 1 atom stereocenters. The van der Waals surface area contributed by atoms with Gasteiger partial charge in [-0.05, 0) is 59.5 Å². The molecule has 0 saturated carbocycles. The number of rotatable bonds is 15. The van der Waals surface area contributed by atoms with Gasteiger partial charge in [-0.15, -0.1) is 0 Å². The molecule has 4 aromatic carbocycles. The van der Waals surface area contributed by atoms with E-state index >= 15 is 0 Å². The zero-order valence-electron chi connectivity index (χ0n) is 26.9. The lowest BCUT2D eigenvalue weighted by molar-refractivity contribution is -0.140. The van der Waals surface area contributed by atoms with E-state index < -0.39 is 28.5 Å². The number of halogens is 1. The highest BCUT2D eigenvalue weighted by atomic mass is 35.5. The van der Waals surface area contributed by atoms with Gasteiger partial charge in [0.1, 0.15) is 24.1 Å². The smallest absolute Gasteiger partial charge is 0.264 e. The second-order valence-corrected chi connectivity index (χ2v) is 13.6. The van der Waals surface area contributed by atoms with Crippen LogP contribution < -0.4 is 19.1 Å². The predicted molar refractivity (Wildman–Crippen MR) is 184 cm³/mol. The summed E-state index contributed by atoms with van der Waals surface area (Å²) in [6, 6.07) is 27.9. The molecule has 0 spiro atoms. The van der Waals surface area contributed by atoms with E-state index in [2.05, 4.69) is 5.32 Å². The van der Waals surface area contributed by atoms with E-state index in [1.165, 1.54) is 43.4 Å². The predicted octanol–water partition coefficient (Wildman–Crippen LogP) is 5.96. The first-order chi connectivity index (χ1) is 22.5. The number of nitrogens with one attached hydrogen (secondary N) is 1. The lowest BCUT2D eigenvalue weighted by Gasteiger charge is -2.34. The number of methoxy groups -OCH3 is 2. The number of nitrogens with zero attached hydrogens (tertiary/aromatic N) is 2. The van der Waals surface area contributed by atoms with Crippen molar-refractivity contribution >= 4 is 39.1 Å². The van der Waals surface area contributed by atoms with Gasteiger partial charge in [-0.3, -0.25) is 13.9 Å². The van der Waals surface area contributed by atoms with Crippen LogP contribution in [-0.4, -0.2) is 58.5 Å². The molecule has 0 bridgehead atoms. The van der Waals surface area contributed by atoms with Gasteiger partial charge in [0.25, 0.3) is 10.0 Å². The molecule has 0 aromatic heterocycles. The minimum Gasteiger partial charge on any atom is -0.497 e. The van der Waals surface area contributed by atoms with Crippen LogP contribution >= 0.6 is 11.6 Å². The summed E-state index contributed by atoms with van der Waals surface area (Å²) in [6.45, 7) is 3.70. The van der Waals surface area contributed by atoms with Crippen molar-refractivity contribution in [3.8, 4) is 11.5 Å². The van der Waals surface area contributed by atoms with Gasteiger partial charge in [-0.2, -0.15) is 0 Å². The first-order valence-corrected chi connectivity index (χ1v) is 17.0. The molecular formula is C36H40ClN3O6S. The Labute approximate surface area is 282 Å². The molecule has 4 rings (SSSR count). The third kappa shape index (κ3) is 9.05. The van der Waals surface area contributed by atoms with Crippen LogP contribution in [0.4, 0.5) is 5.69 Å². The van der Waals surface area contributed by atoms with Crippen LogP contribution in [0.1, 0.15) is 25.0 Å². The second kappa shape index (κ2) is 16.3. The number of carbonyl (C=O) groups is 2. The van der Waals surface area contributed by atoms with Crippen molar-refractivity contribution in [1.82, 2.24) is 10.2 Å². The fourth-order valence-corrected chi connectivity index (χ4v) is 6.63. The standard InChI is InChI=1S/C36H40ClN3O6S/c1-26(2)23-38-36(42)33(22-27-12-6-5-7-13-27)39(24-28-14-8-9-15-31(28)37)35(41)25-40(32-16-10-11-17-34(32)46-4)47(43,44)30-20-18-29(45-3)19-21-30/h5-21,26,33H,22-25H2,1-4H3,(H,38,42). The first-order valence-electron chi connectivity index (χ1n) is 15.2. The van der Waals surface area contributed by atoms with Crippen LogP contribution in [0.15, 0.2) is 108 Å². The van der Waals surface area contributed by atoms with Crippen LogP contribution in [0.2, 0.25) is 5.02 Å². The minimum atomic E-state index is -4.32. The highest BCUT2D eigenvalue weighted by Crippen LogP contribution is 2.33.